The fourth-order valence-electron chi connectivity index (χ4n) is 2.72. The van der Waals surface area contributed by atoms with Crippen molar-refractivity contribution >= 4 is 23.0 Å². The largest absolute Gasteiger partial charge is 0.497 e. The van der Waals surface area contributed by atoms with Crippen LogP contribution in [0.2, 0.25) is 0 Å². The first-order valence-electron chi connectivity index (χ1n) is 8.68. The van der Waals surface area contributed by atoms with Crippen LogP contribution >= 0.6 is 0 Å². The van der Waals surface area contributed by atoms with Gasteiger partial charge in [0.05, 0.1) is 18.1 Å². The van der Waals surface area contributed by atoms with Crippen LogP contribution in [0.25, 0.3) is 17.0 Å². The number of nitrogens with one attached hydrogen (secondary N) is 1. The van der Waals surface area contributed by atoms with Crippen LogP contribution in [0.1, 0.15) is 16.7 Å². The van der Waals surface area contributed by atoms with Gasteiger partial charge in [-0.15, -0.1) is 0 Å². The van der Waals surface area contributed by atoms with Crippen LogP contribution in [0.3, 0.4) is 0 Å². The highest BCUT2D eigenvalue weighted by molar-refractivity contribution is 5.92. The predicted molar refractivity (Wildman–Crippen MR) is 106 cm³/mol. The summed E-state index contributed by atoms with van der Waals surface area (Å²) in [4.78, 5) is 24.5. The molecule has 27 heavy (non-hydrogen) atoms. The number of hydrogen-bond acceptors (Lipinski definition) is 4. The minimum atomic E-state index is -0.257. The van der Waals surface area contributed by atoms with E-state index in [1.165, 1.54) is 18.4 Å². The van der Waals surface area contributed by atoms with Crippen LogP contribution in [0, 0.1) is 6.92 Å². The van der Waals surface area contributed by atoms with Gasteiger partial charge in [-0.2, -0.15) is 0 Å². The van der Waals surface area contributed by atoms with Crippen LogP contribution in [0.15, 0.2) is 64.0 Å². The third-order valence-corrected chi connectivity index (χ3v) is 4.24. The average molecular weight is 363 g/mol. The summed E-state index contributed by atoms with van der Waals surface area (Å²) >= 11 is 0. The minimum absolute atomic E-state index is 0.151. The standard InChI is InChI=1S/C22H21NO4/c1-15-3-9-20-19(13-15)22(25)17(14-27-20)6-10-21(24)23-12-11-16-4-7-18(26-2)8-5-16/h3-10,13-14H,11-12H2,1-2H3,(H,23,24)/b10-6+. The van der Waals surface area contributed by atoms with Gasteiger partial charge in [0.1, 0.15) is 17.6 Å². The van der Waals surface area contributed by atoms with Crippen molar-refractivity contribution in [3.05, 3.63) is 81.7 Å². The van der Waals surface area contributed by atoms with Crippen LogP contribution in [0.5, 0.6) is 5.75 Å². The second kappa shape index (κ2) is 8.36. The highest BCUT2D eigenvalue weighted by Crippen LogP contribution is 2.14. The molecule has 0 atom stereocenters. The zero-order valence-electron chi connectivity index (χ0n) is 15.3. The van der Waals surface area contributed by atoms with Crippen molar-refractivity contribution in [3.63, 3.8) is 0 Å². The third-order valence-electron chi connectivity index (χ3n) is 4.24. The molecule has 0 aliphatic carbocycles. The molecule has 138 valence electrons. The number of amides is 1. The molecular formula is C22H21NO4. The maximum atomic E-state index is 12.5. The Morgan fingerprint density at radius 3 is 2.70 bits per heavy atom. The van der Waals surface area contributed by atoms with Gasteiger partial charge >= 0.3 is 0 Å². The van der Waals surface area contributed by atoms with Gasteiger partial charge in [0.15, 0.2) is 5.43 Å². The second-order valence-corrected chi connectivity index (χ2v) is 6.24. The topological polar surface area (TPSA) is 68.5 Å². The van der Waals surface area contributed by atoms with E-state index in [-0.39, 0.29) is 11.3 Å². The number of hydrogen-bond donors (Lipinski definition) is 1. The van der Waals surface area contributed by atoms with Crippen molar-refractivity contribution in [1.29, 1.82) is 0 Å². The number of rotatable bonds is 6. The van der Waals surface area contributed by atoms with Gasteiger partial charge in [0.2, 0.25) is 5.91 Å². The Labute approximate surface area is 157 Å². The molecule has 0 saturated carbocycles. The van der Waals surface area contributed by atoms with E-state index in [1.54, 1.807) is 19.2 Å². The minimum Gasteiger partial charge on any atom is -0.497 e. The zero-order valence-corrected chi connectivity index (χ0v) is 15.3. The van der Waals surface area contributed by atoms with Gasteiger partial charge in [-0.1, -0.05) is 23.8 Å². The Bertz CT molecular complexity index is 1030. The van der Waals surface area contributed by atoms with Gasteiger partial charge in [-0.05, 0) is 49.2 Å². The average Bonchev–Trinajstić information content (AvgIpc) is 2.68. The number of ether oxygens (including phenoxy) is 1. The molecule has 0 spiro atoms. The predicted octanol–water partition coefficient (Wildman–Crippen LogP) is 3.48. The lowest BCUT2D eigenvalue weighted by Gasteiger charge is -2.04. The van der Waals surface area contributed by atoms with Crippen molar-refractivity contribution in [2.45, 2.75) is 13.3 Å². The number of aryl methyl sites for hydroxylation is 1. The van der Waals surface area contributed by atoms with Crippen molar-refractivity contribution in [1.82, 2.24) is 5.32 Å². The molecule has 1 amide bonds. The molecule has 0 aliphatic rings. The Balaban J connectivity index is 1.60. The van der Waals surface area contributed by atoms with Gasteiger partial charge in [0.25, 0.3) is 0 Å². The number of carbonyl (C=O) groups excluding carboxylic acids is 1. The smallest absolute Gasteiger partial charge is 0.244 e. The lowest BCUT2D eigenvalue weighted by Crippen LogP contribution is -2.23. The Morgan fingerprint density at radius 2 is 1.96 bits per heavy atom. The summed E-state index contributed by atoms with van der Waals surface area (Å²) in [6.07, 6.45) is 4.92. The quantitative estimate of drug-likeness (QED) is 0.681. The van der Waals surface area contributed by atoms with Gasteiger partial charge in [0, 0.05) is 12.6 Å². The van der Waals surface area contributed by atoms with Gasteiger partial charge in [-0.25, -0.2) is 0 Å². The summed E-state index contributed by atoms with van der Waals surface area (Å²) in [6.45, 7) is 2.42. The van der Waals surface area contributed by atoms with Crippen LogP contribution in [-0.4, -0.2) is 19.6 Å². The van der Waals surface area contributed by atoms with Crippen molar-refractivity contribution in [3.8, 4) is 5.75 Å². The summed E-state index contributed by atoms with van der Waals surface area (Å²) in [5.41, 5.74) is 2.81. The normalized spacial score (nSPS) is 11.0. The fraction of sp³-hybridized carbons (Fsp3) is 0.182. The van der Waals surface area contributed by atoms with Crippen LogP contribution < -0.4 is 15.5 Å². The van der Waals surface area contributed by atoms with Gasteiger partial charge in [-0.3, -0.25) is 9.59 Å². The molecule has 1 N–H and O–H groups in total. The van der Waals surface area contributed by atoms with E-state index in [2.05, 4.69) is 5.32 Å². The number of benzene rings is 2. The van der Waals surface area contributed by atoms with E-state index >= 15 is 0 Å². The highest BCUT2D eigenvalue weighted by atomic mass is 16.5. The third kappa shape index (κ3) is 4.64. The first-order valence-corrected chi connectivity index (χ1v) is 8.68. The molecule has 2 aromatic carbocycles. The van der Waals surface area contributed by atoms with Gasteiger partial charge < -0.3 is 14.5 Å². The molecule has 0 saturated heterocycles. The van der Waals surface area contributed by atoms with Crippen molar-refractivity contribution in [2.75, 3.05) is 13.7 Å². The first-order chi connectivity index (χ1) is 13.1. The molecule has 5 heteroatoms. The molecule has 0 bridgehead atoms. The van der Waals surface area contributed by atoms with Crippen LogP contribution in [-0.2, 0) is 11.2 Å². The number of methoxy groups -OCH3 is 1. The molecule has 0 unspecified atom stereocenters. The van der Waals surface area contributed by atoms with E-state index in [0.29, 0.717) is 29.5 Å². The Kier molecular flexibility index (Phi) is 5.71. The van der Waals surface area contributed by atoms with Crippen molar-refractivity contribution < 1.29 is 13.9 Å². The summed E-state index contributed by atoms with van der Waals surface area (Å²) in [6, 6.07) is 13.1. The maximum Gasteiger partial charge on any atom is 0.244 e. The monoisotopic (exact) mass is 363 g/mol. The second-order valence-electron chi connectivity index (χ2n) is 6.24. The van der Waals surface area contributed by atoms with E-state index < -0.39 is 0 Å². The maximum absolute atomic E-state index is 12.5. The SMILES string of the molecule is COc1ccc(CCNC(=O)/C=C/c2coc3ccc(C)cc3c2=O)cc1. The van der Waals surface area contributed by atoms with E-state index in [9.17, 15) is 9.59 Å². The molecule has 1 aromatic heterocycles. The molecule has 5 nitrogen and oxygen atoms in total. The molecule has 0 aliphatic heterocycles. The Morgan fingerprint density at radius 1 is 1.19 bits per heavy atom. The first kappa shape index (κ1) is 18.5. The summed E-state index contributed by atoms with van der Waals surface area (Å²) in [5, 5.41) is 3.32. The molecule has 0 radical (unpaired) electrons. The molecule has 3 aromatic rings. The zero-order chi connectivity index (χ0) is 19.2. The lowest BCUT2D eigenvalue weighted by atomic mass is 10.1. The highest BCUT2D eigenvalue weighted by Gasteiger charge is 2.05. The van der Waals surface area contributed by atoms with E-state index in [0.717, 1.165) is 16.9 Å². The molecule has 3 rings (SSSR count). The molecule has 0 fully saturated rings. The molecular weight excluding hydrogens is 342 g/mol. The van der Waals surface area contributed by atoms with E-state index in [4.69, 9.17) is 9.15 Å². The Hall–Kier alpha value is -3.34. The van der Waals surface area contributed by atoms with Crippen LogP contribution in [0.4, 0.5) is 0 Å². The fourth-order valence-corrected chi connectivity index (χ4v) is 2.72. The lowest BCUT2D eigenvalue weighted by molar-refractivity contribution is -0.116. The van der Waals surface area contributed by atoms with Crippen molar-refractivity contribution in [2.24, 2.45) is 0 Å². The number of carbonyl (C=O) groups is 1. The summed E-state index contributed by atoms with van der Waals surface area (Å²) in [7, 11) is 1.62. The molecule has 1 heterocycles. The number of fused-ring (bicyclic) bond motifs is 1. The summed E-state index contributed by atoms with van der Waals surface area (Å²) in [5.74, 6) is 0.544. The summed E-state index contributed by atoms with van der Waals surface area (Å²) < 4.78 is 10.6. The van der Waals surface area contributed by atoms with E-state index in [1.807, 2.05) is 37.3 Å².